The molecule has 3 unspecified atom stereocenters. The highest BCUT2D eigenvalue weighted by Crippen LogP contribution is 2.24. The molecule has 0 saturated heterocycles. The second-order valence-corrected chi connectivity index (χ2v) is 4.64. The highest BCUT2D eigenvalue weighted by molar-refractivity contribution is 5.75. The Morgan fingerprint density at radius 2 is 2.22 bits per heavy atom. The smallest absolute Gasteiger partial charge is 0.315 e. The summed E-state index contributed by atoms with van der Waals surface area (Å²) in [7, 11) is 0. The lowest BCUT2D eigenvalue weighted by molar-refractivity contribution is -0.143. The third-order valence-electron chi connectivity index (χ3n) is 3.27. The highest BCUT2D eigenvalue weighted by atomic mass is 16.4. The molecule has 3 atom stereocenters. The van der Waals surface area contributed by atoms with Gasteiger partial charge in [0.05, 0.1) is 12.0 Å². The Morgan fingerprint density at radius 3 is 2.78 bits per heavy atom. The zero-order valence-electron chi connectivity index (χ0n) is 10.6. The summed E-state index contributed by atoms with van der Waals surface area (Å²) in [5.74, 6) is 1.35. The van der Waals surface area contributed by atoms with Crippen molar-refractivity contribution in [3.8, 4) is 12.3 Å². The molecular formula is C13H20N2O3. The number of carbonyl (C=O) groups excluding carboxylic acids is 1. The van der Waals surface area contributed by atoms with Crippen LogP contribution in [-0.4, -0.2) is 29.2 Å². The maximum absolute atomic E-state index is 11.7. The van der Waals surface area contributed by atoms with Gasteiger partial charge in [0.2, 0.25) is 0 Å². The molecule has 0 aromatic rings. The van der Waals surface area contributed by atoms with Gasteiger partial charge in [-0.15, -0.1) is 6.42 Å². The average Bonchev–Trinajstić information content (AvgIpc) is 2.36. The zero-order chi connectivity index (χ0) is 13.5. The minimum Gasteiger partial charge on any atom is -0.481 e. The molecule has 5 heteroatoms. The van der Waals surface area contributed by atoms with Crippen LogP contribution in [0.5, 0.6) is 0 Å². The molecular weight excluding hydrogens is 232 g/mol. The van der Waals surface area contributed by atoms with Gasteiger partial charge < -0.3 is 15.7 Å². The number of carboxylic acids is 1. The molecule has 1 saturated carbocycles. The first-order valence-electron chi connectivity index (χ1n) is 6.32. The molecule has 0 aromatic heterocycles. The Bertz CT molecular complexity index is 349. The number of hydrogen-bond donors (Lipinski definition) is 3. The van der Waals surface area contributed by atoms with E-state index in [1.165, 1.54) is 0 Å². The van der Waals surface area contributed by atoms with Gasteiger partial charge in [0.15, 0.2) is 0 Å². The standard InChI is InChI=1S/C13H20N2O3/c1-3-10(4-2)14-13(18)15-11-7-5-6-9(8-11)12(16)17/h1,9-11H,4-8H2,2H3,(H,16,17)(H2,14,15,18). The molecule has 0 heterocycles. The van der Waals surface area contributed by atoms with Crippen molar-refractivity contribution in [2.75, 3.05) is 0 Å². The Labute approximate surface area is 107 Å². The van der Waals surface area contributed by atoms with Crippen molar-refractivity contribution in [2.45, 2.75) is 51.1 Å². The second kappa shape index (κ2) is 6.90. The summed E-state index contributed by atoms with van der Waals surface area (Å²) in [4.78, 5) is 22.6. The molecule has 1 aliphatic carbocycles. The monoisotopic (exact) mass is 252 g/mol. The number of urea groups is 1. The summed E-state index contributed by atoms with van der Waals surface area (Å²) in [5.41, 5.74) is 0. The molecule has 0 aliphatic heterocycles. The minimum absolute atomic E-state index is 0.0740. The van der Waals surface area contributed by atoms with Gasteiger partial charge in [-0.1, -0.05) is 19.3 Å². The van der Waals surface area contributed by atoms with E-state index in [1.807, 2.05) is 6.92 Å². The van der Waals surface area contributed by atoms with Gasteiger partial charge in [-0.25, -0.2) is 4.79 Å². The lowest BCUT2D eigenvalue weighted by Crippen LogP contribution is -2.47. The molecule has 100 valence electrons. The third-order valence-corrected chi connectivity index (χ3v) is 3.27. The number of hydrogen-bond acceptors (Lipinski definition) is 2. The molecule has 2 amide bonds. The first kappa shape index (κ1) is 14.4. The molecule has 0 spiro atoms. The Kier molecular flexibility index (Phi) is 5.50. The van der Waals surface area contributed by atoms with E-state index in [4.69, 9.17) is 11.5 Å². The normalized spacial score (nSPS) is 24.7. The SMILES string of the molecule is C#CC(CC)NC(=O)NC1CCCC(C(=O)O)C1. The number of amides is 2. The van der Waals surface area contributed by atoms with Crippen LogP contribution in [0, 0.1) is 18.3 Å². The lowest BCUT2D eigenvalue weighted by atomic mass is 9.86. The first-order valence-corrected chi connectivity index (χ1v) is 6.32. The molecule has 3 N–H and O–H groups in total. The van der Waals surface area contributed by atoms with E-state index >= 15 is 0 Å². The molecule has 1 aliphatic rings. The van der Waals surface area contributed by atoms with Gasteiger partial charge in [0.1, 0.15) is 0 Å². The van der Waals surface area contributed by atoms with E-state index in [0.717, 1.165) is 12.8 Å². The summed E-state index contributed by atoms with van der Waals surface area (Å²) in [5, 5.41) is 14.4. The predicted octanol–water partition coefficient (Wildman–Crippen LogP) is 1.34. The second-order valence-electron chi connectivity index (χ2n) is 4.64. The number of rotatable bonds is 4. The predicted molar refractivity (Wildman–Crippen MR) is 68.0 cm³/mol. The fourth-order valence-electron chi connectivity index (χ4n) is 2.19. The van der Waals surface area contributed by atoms with Crippen LogP contribution in [0.25, 0.3) is 0 Å². The van der Waals surface area contributed by atoms with Crippen LogP contribution in [0.1, 0.15) is 39.0 Å². The number of nitrogens with one attached hydrogen (secondary N) is 2. The molecule has 0 bridgehead atoms. The van der Waals surface area contributed by atoms with E-state index in [0.29, 0.717) is 19.3 Å². The van der Waals surface area contributed by atoms with Crippen LogP contribution < -0.4 is 10.6 Å². The Hall–Kier alpha value is -1.70. The van der Waals surface area contributed by atoms with Crippen LogP contribution >= 0.6 is 0 Å². The quantitative estimate of drug-likeness (QED) is 0.661. The van der Waals surface area contributed by atoms with Crippen LogP contribution in [0.2, 0.25) is 0 Å². The fraction of sp³-hybridized carbons (Fsp3) is 0.692. The molecule has 5 nitrogen and oxygen atoms in total. The van der Waals surface area contributed by atoms with Gasteiger partial charge in [-0.05, 0) is 25.7 Å². The van der Waals surface area contributed by atoms with Crippen molar-refractivity contribution in [1.29, 1.82) is 0 Å². The van der Waals surface area contributed by atoms with Gasteiger partial charge >= 0.3 is 12.0 Å². The number of carboxylic acid groups (broad SMARTS) is 1. The van der Waals surface area contributed by atoms with Crippen molar-refractivity contribution < 1.29 is 14.7 Å². The van der Waals surface area contributed by atoms with Crippen molar-refractivity contribution in [3.05, 3.63) is 0 Å². The van der Waals surface area contributed by atoms with Crippen molar-refractivity contribution in [2.24, 2.45) is 5.92 Å². The van der Waals surface area contributed by atoms with Gasteiger partial charge in [0, 0.05) is 6.04 Å². The highest BCUT2D eigenvalue weighted by Gasteiger charge is 2.27. The molecule has 18 heavy (non-hydrogen) atoms. The Morgan fingerprint density at radius 1 is 1.50 bits per heavy atom. The number of aliphatic carboxylic acids is 1. The van der Waals surface area contributed by atoms with Crippen LogP contribution in [-0.2, 0) is 4.79 Å². The van der Waals surface area contributed by atoms with E-state index in [1.54, 1.807) is 0 Å². The number of carbonyl (C=O) groups is 2. The maximum Gasteiger partial charge on any atom is 0.315 e. The van der Waals surface area contributed by atoms with Crippen molar-refractivity contribution in [1.82, 2.24) is 10.6 Å². The van der Waals surface area contributed by atoms with E-state index in [2.05, 4.69) is 16.6 Å². The van der Waals surface area contributed by atoms with E-state index < -0.39 is 5.97 Å². The summed E-state index contributed by atoms with van der Waals surface area (Å²) in [6.45, 7) is 1.89. The van der Waals surface area contributed by atoms with Crippen LogP contribution in [0.4, 0.5) is 4.79 Å². The van der Waals surface area contributed by atoms with Gasteiger partial charge in [-0.2, -0.15) is 0 Å². The fourth-order valence-corrected chi connectivity index (χ4v) is 2.19. The molecule has 1 rings (SSSR count). The topological polar surface area (TPSA) is 78.4 Å². The van der Waals surface area contributed by atoms with E-state index in [-0.39, 0.29) is 24.0 Å². The third kappa shape index (κ3) is 4.28. The lowest BCUT2D eigenvalue weighted by Gasteiger charge is -2.27. The summed E-state index contributed by atoms with van der Waals surface area (Å²) in [6, 6.07) is -0.658. The van der Waals surface area contributed by atoms with Crippen LogP contribution in [0.15, 0.2) is 0 Å². The minimum atomic E-state index is -0.781. The van der Waals surface area contributed by atoms with E-state index in [9.17, 15) is 9.59 Å². The molecule has 0 radical (unpaired) electrons. The zero-order valence-corrected chi connectivity index (χ0v) is 10.6. The largest absolute Gasteiger partial charge is 0.481 e. The Balaban J connectivity index is 2.40. The first-order chi connectivity index (χ1) is 8.56. The van der Waals surface area contributed by atoms with Crippen LogP contribution in [0.3, 0.4) is 0 Å². The molecule has 0 aromatic carbocycles. The summed E-state index contributed by atoms with van der Waals surface area (Å²) < 4.78 is 0. The summed E-state index contributed by atoms with van der Waals surface area (Å²) >= 11 is 0. The average molecular weight is 252 g/mol. The maximum atomic E-state index is 11.7. The number of terminal acetylenes is 1. The van der Waals surface area contributed by atoms with Crippen molar-refractivity contribution in [3.63, 3.8) is 0 Å². The summed E-state index contributed by atoms with van der Waals surface area (Å²) in [6.07, 6.45) is 8.77. The van der Waals surface area contributed by atoms with Gasteiger partial charge in [0.25, 0.3) is 0 Å². The molecule has 1 fully saturated rings. The van der Waals surface area contributed by atoms with Crippen molar-refractivity contribution >= 4 is 12.0 Å². The van der Waals surface area contributed by atoms with Gasteiger partial charge in [-0.3, -0.25) is 4.79 Å².